The summed E-state index contributed by atoms with van der Waals surface area (Å²) in [5.74, 6) is 1.08. The summed E-state index contributed by atoms with van der Waals surface area (Å²) in [6.07, 6.45) is 3.09. The zero-order chi connectivity index (χ0) is 17.0. The van der Waals surface area contributed by atoms with Crippen molar-refractivity contribution < 1.29 is 14.3 Å². The molecule has 2 atom stereocenters. The molecule has 0 heterocycles. The van der Waals surface area contributed by atoms with E-state index in [2.05, 4.69) is 27.4 Å². The SMILES string of the molecule is C=C(C)COc1ccc(C(=O)OC2CC(C)CC(C)(C)C2)cc1. The van der Waals surface area contributed by atoms with E-state index in [1.807, 2.05) is 6.92 Å². The molecule has 0 N–H and O–H groups in total. The molecule has 0 bridgehead atoms. The molecular formula is C20H28O3. The molecule has 2 unspecified atom stereocenters. The van der Waals surface area contributed by atoms with Crippen LogP contribution >= 0.6 is 0 Å². The number of hydrogen-bond acceptors (Lipinski definition) is 3. The molecule has 0 spiro atoms. The smallest absolute Gasteiger partial charge is 0.338 e. The Kier molecular flexibility index (Phi) is 5.51. The van der Waals surface area contributed by atoms with Gasteiger partial charge in [-0.15, -0.1) is 0 Å². The molecule has 1 aliphatic rings. The largest absolute Gasteiger partial charge is 0.489 e. The van der Waals surface area contributed by atoms with Gasteiger partial charge in [0.05, 0.1) is 5.56 Å². The summed E-state index contributed by atoms with van der Waals surface area (Å²) in [5.41, 5.74) is 1.77. The van der Waals surface area contributed by atoms with Crippen LogP contribution in [-0.2, 0) is 4.74 Å². The monoisotopic (exact) mass is 316 g/mol. The first kappa shape index (κ1) is 17.6. The minimum absolute atomic E-state index is 0.0144. The maximum absolute atomic E-state index is 12.3. The molecule has 3 nitrogen and oxygen atoms in total. The molecule has 0 radical (unpaired) electrons. The van der Waals surface area contributed by atoms with Gasteiger partial charge >= 0.3 is 5.97 Å². The minimum atomic E-state index is -0.244. The number of carbonyl (C=O) groups is 1. The van der Waals surface area contributed by atoms with Gasteiger partial charge in [0.1, 0.15) is 18.5 Å². The molecule has 126 valence electrons. The van der Waals surface area contributed by atoms with Crippen LogP contribution in [0.2, 0.25) is 0 Å². The number of rotatable bonds is 5. The van der Waals surface area contributed by atoms with Gasteiger partial charge in [0.25, 0.3) is 0 Å². The Labute approximate surface area is 139 Å². The van der Waals surface area contributed by atoms with Crippen LogP contribution in [0.25, 0.3) is 0 Å². The molecule has 3 heteroatoms. The van der Waals surface area contributed by atoms with Gasteiger partial charge in [-0.3, -0.25) is 0 Å². The molecule has 2 rings (SSSR count). The maximum atomic E-state index is 12.3. The Morgan fingerprint density at radius 2 is 1.91 bits per heavy atom. The van der Waals surface area contributed by atoms with E-state index in [1.54, 1.807) is 24.3 Å². The second kappa shape index (κ2) is 7.20. The van der Waals surface area contributed by atoms with E-state index in [-0.39, 0.29) is 17.5 Å². The van der Waals surface area contributed by atoms with Crippen LogP contribution in [0, 0.1) is 11.3 Å². The van der Waals surface area contributed by atoms with Crippen molar-refractivity contribution in [3.8, 4) is 5.75 Å². The van der Waals surface area contributed by atoms with Crippen LogP contribution in [0.3, 0.4) is 0 Å². The summed E-state index contributed by atoms with van der Waals surface area (Å²) in [7, 11) is 0. The molecule has 1 aliphatic carbocycles. The molecule has 1 fully saturated rings. The van der Waals surface area contributed by atoms with Crippen molar-refractivity contribution in [2.75, 3.05) is 6.61 Å². The Bertz CT molecular complexity index is 557. The number of carbonyl (C=O) groups excluding carboxylic acids is 1. The Hall–Kier alpha value is -1.77. The fourth-order valence-corrected chi connectivity index (χ4v) is 3.46. The average Bonchev–Trinajstić information content (AvgIpc) is 2.43. The summed E-state index contributed by atoms with van der Waals surface area (Å²) in [5, 5.41) is 0. The van der Waals surface area contributed by atoms with E-state index in [0.29, 0.717) is 18.1 Å². The van der Waals surface area contributed by atoms with Crippen molar-refractivity contribution in [2.45, 2.75) is 53.1 Å². The predicted molar refractivity (Wildman–Crippen MR) is 92.8 cm³/mol. The number of ether oxygens (including phenoxy) is 2. The van der Waals surface area contributed by atoms with Crippen molar-refractivity contribution in [1.29, 1.82) is 0 Å². The van der Waals surface area contributed by atoms with E-state index in [1.165, 1.54) is 6.42 Å². The molecule has 0 amide bonds. The highest BCUT2D eigenvalue weighted by atomic mass is 16.5. The normalized spacial score (nSPS) is 23.1. The second-order valence-electron chi connectivity index (χ2n) is 7.71. The van der Waals surface area contributed by atoms with Gasteiger partial charge in [0.15, 0.2) is 0 Å². The van der Waals surface area contributed by atoms with Crippen molar-refractivity contribution >= 4 is 5.97 Å². The molecule has 1 aromatic rings. The third-order valence-electron chi connectivity index (χ3n) is 4.20. The van der Waals surface area contributed by atoms with Crippen LogP contribution in [0.15, 0.2) is 36.4 Å². The van der Waals surface area contributed by atoms with E-state index in [9.17, 15) is 4.79 Å². The van der Waals surface area contributed by atoms with Crippen LogP contribution in [0.4, 0.5) is 0 Å². The third kappa shape index (κ3) is 5.42. The van der Waals surface area contributed by atoms with Gasteiger partial charge in [-0.05, 0) is 67.4 Å². The first-order valence-electron chi connectivity index (χ1n) is 8.33. The summed E-state index contributed by atoms with van der Waals surface area (Å²) in [4.78, 5) is 12.3. The Balaban J connectivity index is 1.94. The fraction of sp³-hybridized carbons (Fsp3) is 0.550. The van der Waals surface area contributed by atoms with Gasteiger partial charge in [-0.2, -0.15) is 0 Å². The van der Waals surface area contributed by atoms with E-state index >= 15 is 0 Å². The van der Waals surface area contributed by atoms with Crippen LogP contribution in [0.1, 0.15) is 57.3 Å². The molecule has 1 saturated carbocycles. The van der Waals surface area contributed by atoms with Gasteiger partial charge < -0.3 is 9.47 Å². The van der Waals surface area contributed by atoms with Crippen molar-refractivity contribution in [1.82, 2.24) is 0 Å². The minimum Gasteiger partial charge on any atom is -0.489 e. The number of esters is 1. The number of benzene rings is 1. The van der Waals surface area contributed by atoms with Crippen molar-refractivity contribution in [2.24, 2.45) is 11.3 Å². The van der Waals surface area contributed by atoms with Gasteiger partial charge in [0, 0.05) is 0 Å². The van der Waals surface area contributed by atoms with Crippen LogP contribution in [0.5, 0.6) is 5.75 Å². The summed E-state index contributed by atoms with van der Waals surface area (Å²) < 4.78 is 11.3. The standard InChI is InChI=1S/C20H28O3/c1-14(2)13-22-17-8-6-16(7-9-17)19(21)23-18-10-15(3)11-20(4,5)12-18/h6-9,15,18H,1,10-13H2,2-5H3. The van der Waals surface area contributed by atoms with Gasteiger partial charge in [0.2, 0.25) is 0 Å². The van der Waals surface area contributed by atoms with E-state index < -0.39 is 0 Å². The number of hydrogen-bond donors (Lipinski definition) is 0. The molecular weight excluding hydrogens is 288 g/mol. The van der Waals surface area contributed by atoms with Crippen LogP contribution in [-0.4, -0.2) is 18.7 Å². The maximum Gasteiger partial charge on any atom is 0.338 e. The Morgan fingerprint density at radius 3 is 2.48 bits per heavy atom. The quantitative estimate of drug-likeness (QED) is 0.565. The first-order valence-corrected chi connectivity index (χ1v) is 8.33. The highest BCUT2D eigenvalue weighted by Crippen LogP contribution is 2.39. The van der Waals surface area contributed by atoms with Crippen molar-refractivity contribution in [3.63, 3.8) is 0 Å². The van der Waals surface area contributed by atoms with Gasteiger partial charge in [-0.25, -0.2) is 4.79 Å². The van der Waals surface area contributed by atoms with E-state index in [4.69, 9.17) is 9.47 Å². The lowest BCUT2D eigenvalue weighted by Crippen LogP contribution is -2.33. The molecule has 0 aromatic heterocycles. The summed E-state index contributed by atoms with van der Waals surface area (Å²) in [6, 6.07) is 7.11. The lowest BCUT2D eigenvalue weighted by atomic mass is 9.71. The zero-order valence-electron chi connectivity index (χ0n) is 14.7. The summed E-state index contributed by atoms with van der Waals surface area (Å²) >= 11 is 0. The molecule has 0 aliphatic heterocycles. The highest BCUT2D eigenvalue weighted by Gasteiger charge is 2.34. The summed E-state index contributed by atoms with van der Waals surface area (Å²) in [6.45, 7) is 12.9. The predicted octanol–water partition coefficient (Wildman–Crippen LogP) is 5.01. The lowest BCUT2D eigenvalue weighted by Gasteiger charge is -2.38. The fourth-order valence-electron chi connectivity index (χ4n) is 3.46. The topological polar surface area (TPSA) is 35.5 Å². The highest BCUT2D eigenvalue weighted by molar-refractivity contribution is 5.89. The van der Waals surface area contributed by atoms with Gasteiger partial charge in [-0.1, -0.05) is 27.4 Å². The molecule has 23 heavy (non-hydrogen) atoms. The average molecular weight is 316 g/mol. The zero-order valence-corrected chi connectivity index (χ0v) is 14.7. The molecule has 1 aromatic carbocycles. The first-order chi connectivity index (χ1) is 10.7. The van der Waals surface area contributed by atoms with Crippen molar-refractivity contribution in [3.05, 3.63) is 42.0 Å². The lowest BCUT2D eigenvalue weighted by molar-refractivity contribution is -0.00714. The third-order valence-corrected chi connectivity index (χ3v) is 4.20. The molecule has 0 saturated heterocycles. The second-order valence-corrected chi connectivity index (χ2v) is 7.71. The Morgan fingerprint density at radius 1 is 1.26 bits per heavy atom. The van der Waals surface area contributed by atoms with E-state index in [0.717, 1.165) is 24.2 Å². The van der Waals surface area contributed by atoms with Crippen LogP contribution < -0.4 is 4.74 Å².